The fourth-order valence-corrected chi connectivity index (χ4v) is 2.60. The van der Waals surface area contributed by atoms with Crippen molar-refractivity contribution in [3.63, 3.8) is 0 Å². The number of rotatable bonds is 8. The van der Waals surface area contributed by atoms with Crippen LogP contribution in [0.2, 0.25) is 0 Å². The van der Waals surface area contributed by atoms with Crippen LogP contribution in [0.25, 0.3) is 0 Å². The molecule has 1 rings (SSSR count). The summed E-state index contributed by atoms with van der Waals surface area (Å²) >= 11 is 0. The normalized spacial score (nSPS) is 17.5. The van der Waals surface area contributed by atoms with Gasteiger partial charge in [-0.15, -0.1) is 6.58 Å². The molecular weight excluding hydrogens is 182 g/mol. The van der Waals surface area contributed by atoms with E-state index in [1.807, 2.05) is 0 Å². The highest BCUT2D eigenvalue weighted by atomic mass is 15.1. The van der Waals surface area contributed by atoms with Gasteiger partial charge >= 0.3 is 0 Å². The zero-order chi connectivity index (χ0) is 10.9. The molecule has 0 aromatic rings. The fourth-order valence-electron chi connectivity index (χ4n) is 2.60. The summed E-state index contributed by atoms with van der Waals surface area (Å²) in [5.74, 6) is 0. The van der Waals surface area contributed by atoms with Gasteiger partial charge in [0, 0.05) is 12.6 Å². The van der Waals surface area contributed by atoms with Gasteiger partial charge in [0.1, 0.15) is 0 Å². The van der Waals surface area contributed by atoms with Gasteiger partial charge in [-0.2, -0.15) is 0 Å². The van der Waals surface area contributed by atoms with Gasteiger partial charge < -0.3 is 0 Å². The van der Waals surface area contributed by atoms with Crippen LogP contribution in [0.5, 0.6) is 0 Å². The first-order valence-corrected chi connectivity index (χ1v) is 6.73. The number of hydrogen-bond donors (Lipinski definition) is 0. The summed E-state index contributed by atoms with van der Waals surface area (Å²) in [5.41, 5.74) is 0. The maximum atomic E-state index is 3.87. The van der Waals surface area contributed by atoms with Crippen molar-refractivity contribution in [1.29, 1.82) is 0 Å². The highest BCUT2D eigenvalue weighted by Crippen LogP contribution is 2.23. The molecule has 15 heavy (non-hydrogen) atoms. The van der Waals surface area contributed by atoms with Crippen LogP contribution in [0, 0.1) is 0 Å². The lowest BCUT2D eigenvalue weighted by Crippen LogP contribution is -2.34. The molecule has 0 aromatic heterocycles. The largest absolute Gasteiger partial charge is 0.297 e. The topological polar surface area (TPSA) is 3.24 Å². The van der Waals surface area contributed by atoms with Crippen molar-refractivity contribution in [3.05, 3.63) is 12.7 Å². The van der Waals surface area contributed by atoms with Crippen LogP contribution in [0.4, 0.5) is 0 Å². The molecule has 88 valence electrons. The van der Waals surface area contributed by atoms with Crippen molar-refractivity contribution in [2.24, 2.45) is 0 Å². The molecule has 0 N–H and O–H groups in total. The Morgan fingerprint density at radius 1 is 1.20 bits per heavy atom. The van der Waals surface area contributed by atoms with E-state index in [1.165, 1.54) is 57.9 Å². The molecule has 0 aliphatic heterocycles. The lowest BCUT2D eigenvalue weighted by atomic mass is 10.1. The number of hydrogen-bond acceptors (Lipinski definition) is 1. The summed E-state index contributed by atoms with van der Waals surface area (Å²) in [7, 11) is 0. The monoisotopic (exact) mass is 209 g/mol. The summed E-state index contributed by atoms with van der Waals surface area (Å²) in [4.78, 5) is 2.65. The van der Waals surface area contributed by atoms with E-state index in [2.05, 4.69) is 24.5 Å². The summed E-state index contributed by atoms with van der Waals surface area (Å²) < 4.78 is 0. The van der Waals surface area contributed by atoms with E-state index >= 15 is 0 Å². The van der Waals surface area contributed by atoms with Gasteiger partial charge in [0.25, 0.3) is 0 Å². The third-order valence-electron chi connectivity index (χ3n) is 3.50. The van der Waals surface area contributed by atoms with Gasteiger partial charge in [0.15, 0.2) is 0 Å². The first kappa shape index (κ1) is 12.8. The molecule has 0 bridgehead atoms. The Hall–Kier alpha value is -0.300. The molecule has 0 radical (unpaired) electrons. The minimum Gasteiger partial charge on any atom is -0.297 e. The Bertz CT molecular complexity index is 159. The molecule has 1 saturated carbocycles. The second-order valence-electron chi connectivity index (χ2n) is 4.78. The molecule has 0 atom stereocenters. The SMILES string of the molecule is C=CCN(CCCCCC)C1CCCC1. The van der Waals surface area contributed by atoms with Crippen molar-refractivity contribution in [3.8, 4) is 0 Å². The van der Waals surface area contributed by atoms with Gasteiger partial charge in [-0.3, -0.25) is 4.90 Å². The van der Waals surface area contributed by atoms with Crippen LogP contribution < -0.4 is 0 Å². The smallest absolute Gasteiger partial charge is 0.0163 e. The highest BCUT2D eigenvalue weighted by molar-refractivity contribution is 4.82. The second kappa shape index (κ2) is 7.92. The Balaban J connectivity index is 2.20. The van der Waals surface area contributed by atoms with Crippen molar-refractivity contribution >= 4 is 0 Å². The fraction of sp³-hybridized carbons (Fsp3) is 0.857. The molecule has 0 aromatic carbocycles. The zero-order valence-corrected chi connectivity index (χ0v) is 10.4. The van der Waals surface area contributed by atoms with E-state index in [9.17, 15) is 0 Å². The Labute approximate surface area is 95.5 Å². The quantitative estimate of drug-likeness (QED) is 0.431. The van der Waals surface area contributed by atoms with E-state index in [0.29, 0.717) is 0 Å². The molecule has 0 unspecified atom stereocenters. The first-order valence-electron chi connectivity index (χ1n) is 6.73. The van der Waals surface area contributed by atoms with Crippen molar-refractivity contribution in [1.82, 2.24) is 4.90 Å². The Kier molecular flexibility index (Phi) is 6.74. The Morgan fingerprint density at radius 2 is 1.93 bits per heavy atom. The maximum absolute atomic E-state index is 3.87. The molecule has 0 spiro atoms. The maximum Gasteiger partial charge on any atom is 0.0163 e. The van der Waals surface area contributed by atoms with Crippen LogP contribution in [-0.4, -0.2) is 24.0 Å². The predicted octanol–water partition coefficient (Wildman–Crippen LogP) is 4.00. The summed E-state index contributed by atoms with van der Waals surface area (Å²) in [6.45, 7) is 8.53. The highest BCUT2D eigenvalue weighted by Gasteiger charge is 2.20. The molecule has 0 heterocycles. The minimum atomic E-state index is 0.865. The van der Waals surface area contributed by atoms with E-state index in [0.717, 1.165) is 12.6 Å². The second-order valence-corrected chi connectivity index (χ2v) is 4.78. The molecule has 0 saturated heterocycles. The van der Waals surface area contributed by atoms with Crippen LogP contribution in [0.3, 0.4) is 0 Å². The van der Waals surface area contributed by atoms with E-state index in [-0.39, 0.29) is 0 Å². The molecule has 0 amide bonds. The van der Waals surface area contributed by atoms with Crippen LogP contribution in [-0.2, 0) is 0 Å². The standard InChI is InChI=1S/C14H27N/c1-3-5-6-9-13-15(12-4-2)14-10-7-8-11-14/h4,14H,2-3,5-13H2,1H3. The molecule has 1 fully saturated rings. The van der Waals surface area contributed by atoms with E-state index in [1.54, 1.807) is 0 Å². The van der Waals surface area contributed by atoms with Crippen molar-refractivity contribution < 1.29 is 0 Å². The van der Waals surface area contributed by atoms with E-state index < -0.39 is 0 Å². The van der Waals surface area contributed by atoms with Crippen LogP contribution in [0.1, 0.15) is 58.3 Å². The molecule has 1 aliphatic rings. The summed E-state index contributed by atoms with van der Waals surface area (Å²) in [6.07, 6.45) is 13.3. The summed E-state index contributed by atoms with van der Waals surface area (Å²) in [5, 5.41) is 0. The molecular formula is C14H27N. The Morgan fingerprint density at radius 3 is 2.53 bits per heavy atom. The van der Waals surface area contributed by atoms with Gasteiger partial charge in [-0.25, -0.2) is 0 Å². The zero-order valence-electron chi connectivity index (χ0n) is 10.4. The number of nitrogens with zero attached hydrogens (tertiary/aromatic N) is 1. The average molecular weight is 209 g/mol. The molecule has 1 aliphatic carbocycles. The average Bonchev–Trinajstić information content (AvgIpc) is 2.76. The van der Waals surface area contributed by atoms with E-state index in [4.69, 9.17) is 0 Å². The summed E-state index contributed by atoms with van der Waals surface area (Å²) in [6, 6.07) is 0.865. The van der Waals surface area contributed by atoms with Crippen LogP contribution in [0.15, 0.2) is 12.7 Å². The van der Waals surface area contributed by atoms with Gasteiger partial charge in [-0.05, 0) is 25.8 Å². The van der Waals surface area contributed by atoms with Gasteiger partial charge in [0.2, 0.25) is 0 Å². The van der Waals surface area contributed by atoms with Crippen LogP contribution >= 0.6 is 0 Å². The number of unbranched alkanes of at least 4 members (excludes halogenated alkanes) is 3. The predicted molar refractivity (Wildman–Crippen MR) is 68.2 cm³/mol. The van der Waals surface area contributed by atoms with Gasteiger partial charge in [-0.1, -0.05) is 45.1 Å². The lowest BCUT2D eigenvalue weighted by Gasteiger charge is -2.27. The lowest BCUT2D eigenvalue weighted by molar-refractivity contribution is 0.215. The molecule has 1 nitrogen and oxygen atoms in total. The molecule has 1 heteroatoms. The minimum absolute atomic E-state index is 0.865. The third kappa shape index (κ3) is 4.83. The van der Waals surface area contributed by atoms with Crippen molar-refractivity contribution in [2.75, 3.05) is 13.1 Å². The van der Waals surface area contributed by atoms with Crippen molar-refractivity contribution in [2.45, 2.75) is 64.3 Å². The third-order valence-corrected chi connectivity index (χ3v) is 3.50. The van der Waals surface area contributed by atoms with Gasteiger partial charge in [0.05, 0.1) is 0 Å². The first-order chi connectivity index (χ1) is 7.38.